The normalized spacial score (nSPS) is 13.9. The van der Waals surface area contributed by atoms with E-state index in [1.165, 1.54) is 11.3 Å². The molecule has 1 aromatic heterocycles. The molecule has 1 saturated heterocycles. The molecule has 0 bridgehead atoms. The molecule has 4 rings (SSSR count). The van der Waals surface area contributed by atoms with Gasteiger partial charge in [0.1, 0.15) is 0 Å². The molecule has 154 valence electrons. The van der Waals surface area contributed by atoms with E-state index in [1.54, 1.807) is 0 Å². The number of piperazine rings is 1. The molecule has 2 aromatic carbocycles. The van der Waals surface area contributed by atoms with E-state index in [-0.39, 0.29) is 11.8 Å². The summed E-state index contributed by atoms with van der Waals surface area (Å²) in [4.78, 5) is 30.0. The van der Waals surface area contributed by atoms with Gasteiger partial charge in [0.05, 0.1) is 4.88 Å². The van der Waals surface area contributed by atoms with E-state index < -0.39 is 0 Å². The fourth-order valence-corrected chi connectivity index (χ4v) is 4.48. The lowest BCUT2D eigenvalue weighted by atomic mass is 10.1. The van der Waals surface area contributed by atoms with Gasteiger partial charge in [-0.1, -0.05) is 23.3 Å². The molecule has 1 aliphatic rings. The molecule has 2 heterocycles. The molecule has 0 aliphatic carbocycles. The van der Waals surface area contributed by atoms with Crippen molar-refractivity contribution in [3.63, 3.8) is 0 Å². The van der Waals surface area contributed by atoms with Gasteiger partial charge in [-0.25, -0.2) is 0 Å². The third kappa shape index (κ3) is 4.54. The van der Waals surface area contributed by atoms with Gasteiger partial charge < -0.3 is 15.1 Å². The fraction of sp³-hybridized carbons (Fsp3) is 0.250. The standard InChI is InChI=1S/C24H25N3O2S/c1-17-14-18(2)16-19(15-17)23(28)25-20-5-7-21(8-6-20)26-9-11-27(12-10-26)24(29)22-4-3-13-30-22/h3-8,13-16H,9-12H2,1-2H3,(H,25,28). The van der Waals surface area contributed by atoms with E-state index >= 15 is 0 Å². The van der Waals surface area contributed by atoms with Crippen LogP contribution in [0.5, 0.6) is 0 Å². The number of aryl methyl sites for hydroxylation is 2. The average Bonchev–Trinajstić information content (AvgIpc) is 3.28. The number of carbonyl (C=O) groups is 2. The maximum Gasteiger partial charge on any atom is 0.264 e. The summed E-state index contributed by atoms with van der Waals surface area (Å²) in [5.41, 5.74) is 4.69. The van der Waals surface area contributed by atoms with Gasteiger partial charge in [0.2, 0.25) is 0 Å². The Labute approximate surface area is 180 Å². The van der Waals surface area contributed by atoms with Crippen LogP contribution in [0, 0.1) is 13.8 Å². The number of nitrogens with one attached hydrogen (secondary N) is 1. The third-order valence-electron chi connectivity index (χ3n) is 5.27. The molecule has 0 saturated carbocycles. The van der Waals surface area contributed by atoms with Crippen LogP contribution >= 0.6 is 11.3 Å². The Bertz CT molecular complexity index is 1020. The quantitative estimate of drug-likeness (QED) is 0.673. The van der Waals surface area contributed by atoms with Gasteiger partial charge in [-0.3, -0.25) is 9.59 Å². The largest absolute Gasteiger partial charge is 0.368 e. The Balaban J connectivity index is 1.35. The molecule has 0 radical (unpaired) electrons. The lowest BCUT2D eigenvalue weighted by molar-refractivity contribution is 0.0751. The zero-order valence-corrected chi connectivity index (χ0v) is 18.0. The Hall–Kier alpha value is -3.12. The summed E-state index contributed by atoms with van der Waals surface area (Å²) in [5.74, 6) is 0.0179. The maximum atomic E-state index is 12.5. The van der Waals surface area contributed by atoms with Crippen LogP contribution in [0.3, 0.4) is 0 Å². The second-order valence-electron chi connectivity index (χ2n) is 7.63. The number of carbonyl (C=O) groups excluding carboxylic acids is 2. The van der Waals surface area contributed by atoms with E-state index in [1.807, 2.05) is 72.7 Å². The van der Waals surface area contributed by atoms with Crippen molar-refractivity contribution in [1.82, 2.24) is 4.90 Å². The Morgan fingerprint density at radius 3 is 2.17 bits per heavy atom. The molecule has 3 aromatic rings. The number of nitrogens with zero attached hydrogens (tertiary/aromatic N) is 2. The van der Waals surface area contributed by atoms with Gasteiger partial charge in [0.25, 0.3) is 11.8 Å². The average molecular weight is 420 g/mol. The summed E-state index contributed by atoms with van der Waals surface area (Å²) in [6.07, 6.45) is 0. The fourth-order valence-electron chi connectivity index (χ4n) is 3.79. The smallest absolute Gasteiger partial charge is 0.264 e. The van der Waals surface area contributed by atoms with Crippen LogP contribution in [-0.4, -0.2) is 42.9 Å². The van der Waals surface area contributed by atoms with E-state index in [9.17, 15) is 9.59 Å². The van der Waals surface area contributed by atoms with Crippen LogP contribution in [0.2, 0.25) is 0 Å². The second-order valence-corrected chi connectivity index (χ2v) is 8.58. The second kappa shape index (κ2) is 8.71. The van der Waals surface area contributed by atoms with Crippen molar-refractivity contribution < 1.29 is 9.59 Å². The molecule has 30 heavy (non-hydrogen) atoms. The lowest BCUT2D eigenvalue weighted by Gasteiger charge is -2.36. The first-order chi connectivity index (χ1) is 14.5. The minimum absolute atomic E-state index is 0.102. The molecule has 0 spiro atoms. The van der Waals surface area contributed by atoms with Crippen LogP contribution in [0.1, 0.15) is 31.2 Å². The summed E-state index contributed by atoms with van der Waals surface area (Å²) in [7, 11) is 0. The molecule has 0 unspecified atom stereocenters. The Kier molecular flexibility index (Phi) is 5.86. The predicted molar refractivity (Wildman–Crippen MR) is 123 cm³/mol. The summed E-state index contributed by atoms with van der Waals surface area (Å²) < 4.78 is 0. The van der Waals surface area contributed by atoms with Crippen molar-refractivity contribution in [1.29, 1.82) is 0 Å². The highest BCUT2D eigenvalue weighted by Gasteiger charge is 2.22. The lowest BCUT2D eigenvalue weighted by Crippen LogP contribution is -2.48. The molecule has 1 aliphatic heterocycles. The van der Waals surface area contributed by atoms with Gasteiger partial charge in [-0.15, -0.1) is 11.3 Å². The van der Waals surface area contributed by atoms with Gasteiger partial charge in [0, 0.05) is 43.1 Å². The zero-order chi connectivity index (χ0) is 21.1. The van der Waals surface area contributed by atoms with Crippen LogP contribution in [0.25, 0.3) is 0 Å². The van der Waals surface area contributed by atoms with Crippen molar-refractivity contribution >= 4 is 34.5 Å². The van der Waals surface area contributed by atoms with Crippen LogP contribution in [0.4, 0.5) is 11.4 Å². The van der Waals surface area contributed by atoms with E-state index in [0.717, 1.165) is 40.5 Å². The number of hydrogen-bond donors (Lipinski definition) is 1. The molecular weight excluding hydrogens is 394 g/mol. The zero-order valence-electron chi connectivity index (χ0n) is 17.2. The SMILES string of the molecule is Cc1cc(C)cc(C(=O)Nc2ccc(N3CCN(C(=O)c4cccs4)CC3)cc2)c1. The van der Waals surface area contributed by atoms with Gasteiger partial charge >= 0.3 is 0 Å². The Morgan fingerprint density at radius 2 is 1.57 bits per heavy atom. The minimum atomic E-state index is -0.102. The summed E-state index contributed by atoms with van der Waals surface area (Å²) in [6, 6.07) is 17.5. The highest BCUT2D eigenvalue weighted by molar-refractivity contribution is 7.12. The van der Waals surface area contributed by atoms with Crippen molar-refractivity contribution in [2.75, 3.05) is 36.4 Å². The minimum Gasteiger partial charge on any atom is -0.368 e. The maximum absolute atomic E-state index is 12.5. The third-order valence-corrected chi connectivity index (χ3v) is 6.13. The molecule has 0 atom stereocenters. The summed E-state index contributed by atoms with van der Waals surface area (Å²) in [6.45, 7) is 7.00. The highest BCUT2D eigenvalue weighted by atomic mass is 32.1. The molecule has 5 nitrogen and oxygen atoms in total. The number of hydrogen-bond acceptors (Lipinski definition) is 4. The van der Waals surface area contributed by atoms with Crippen molar-refractivity contribution in [3.8, 4) is 0 Å². The number of anilines is 2. The van der Waals surface area contributed by atoms with Crippen molar-refractivity contribution in [2.45, 2.75) is 13.8 Å². The van der Waals surface area contributed by atoms with E-state index in [2.05, 4.69) is 16.3 Å². The number of benzene rings is 2. The van der Waals surface area contributed by atoms with Crippen molar-refractivity contribution in [2.24, 2.45) is 0 Å². The molecule has 1 fully saturated rings. The number of thiophene rings is 1. The number of rotatable bonds is 4. The molecular formula is C24H25N3O2S. The highest BCUT2D eigenvalue weighted by Crippen LogP contribution is 2.21. The summed E-state index contributed by atoms with van der Waals surface area (Å²) >= 11 is 1.49. The van der Waals surface area contributed by atoms with Crippen LogP contribution < -0.4 is 10.2 Å². The first kappa shape index (κ1) is 20.2. The first-order valence-electron chi connectivity index (χ1n) is 10.1. The Morgan fingerprint density at radius 1 is 0.900 bits per heavy atom. The predicted octanol–water partition coefficient (Wildman–Crippen LogP) is 4.58. The van der Waals surface area contributed by atoms with Gasteiger partial charge in [0.15, 0.2) is 0 Å². The number of amides is 2. The molecule has 1 N–H and O–H groups in total. The van der Waals surface area contributed by atoms with Gasteiger partial charge in [-0.05, 0) is 61.7 Å². The molecule has 2 amide bonds. The van der Waals surface area contributed by atoms with Gasteiger partial charge in [-0.2, -0.15) is 0 Å². The van der Waals surface area contributed by atoms with Crippen LogP contribution in [-0.2, 0) is 0 Å². The van der Waals surface area contributed by atoms with E-state index in [4.69, 9.17) is 0 Å². The monoisotopic (exact) mass is 419 g/mol. The first-order valence-corrected chi connectivity index (χ1v) is 10.9. The molecule has 6 heteroatoms. The van der Waals surface area contributed by atoms with E-state index in [0.29, 0.717) is 18.7 Å². The topological polar surface area (TPSA) is 52.7 Å². The summed E-state index contributed by atoms with van der Waals surface area (Å²) in [5, 5.41) is 4.91. The van der Waals surface area contributed by atoms with Crippen LogP contribution in [0.15, 0.2) is 60.0 Å². The van der Waals surface area contributed by atoms with Crippen molar-refractivity contribution in [3.05, 3.63) is 81.5 Å².